The van der Waals surface area contributed by atoms with Gasteiger partial charge in [-0.2, -0.15) is 0 Å². The van der Waals surface area contributed by atoms with E-state index in [0.717, 1.165) is 12.8 Å². The Morgan fingerprint density at radius 3 is 1.27 bits per heavy atom. The van der Waals surface area contributed by atoms with Crippen molar-refractivity contribution >= 4 is 5.97 Å². The normalized spacial score (nSPS) is 11.7. The van der Waals surface area contributed by atoms with E-state index in [9.17, 15) is 4.79 Å². The van der Waals surface area contributed by atoms with E-state index < -0.39 is 0 Å². The molecule has 3 nitrogen and oxygen atoms in total. The van der Waals surface area contributed by atoms with Crippen molar-refractivity contribution < 1.29 is 14.6 Å². The Morgan fingerprint density at radius 1 is 0.541 bits per heavy atom. The first-order chi connectivity index (χ1) is 18.2. The average Bonchev–Trinajstić information content (AvgIpc) is 2.89. The predicted octanol–water partition coefficient (Wildman–Crippen LogP) is 10.6. The van der Waals surface area contributed by atoms with Crippen LogP contribution in [-0.2, 0) is 9.53 Å². The van der Waals surface area contributed by atoms with Gasteiger partial charge < -0.3 is 9.84 Å². The van der Waals surface area contributed by atoms with E-state index in [0.29, 0.717) is 13.2 Å². The Balaban J connectivity index is 0. The van der Waals surface area contributed by atoms with Crippen molar-refractivity contribution in [3.8, 4) is 0 Å². The maximum Gasteiger partial charge on any atom is 0.302 e. The number of allylic oxidation sites excluding steroid dienone is 8. The molecule has 3 heteroatoms. The molecule has 0 aliphatic rings. The number of unbranched alkanes of at least 4 members (excludes halogenated alkanes) is 16. The lowest BCUT2D eigenvalue weighted by Crippen LogP contribution is -1.99. The number of hydrogen-bond acceptors (Lipinski definition) is 3. The SMILES string of the molecule is CCCC/C=C\C=C\CCCCCCCCO.CCCC/C=C\C=C\CCCCCCCCOC(C)=O. The van der Waals surface area contributed by atoms with Gasteiger partial charge in [0, 0.05) is 13.5 Å². The Labute approximate surface area is 231 Å². The number of esters is 1. The molecule has 0 aliphatic carbocycles. The minimum Gasteiger partial charge on any atom is -0.466 e. The number of carbonyl (C=O) groups is 1. The van der Waals surface area contributed by atoms with Crippen molar-refractivity contribution in [3.63, 3.8) is 0 Å². The molecule has 0 aromatic rings. The molecule has 0 spiro atoms. The number of aliphatic hydroxyl groups is 1. The summed E-state index contributed by atoms with van der Waals surface area (Å²) < 4.78 is 4.89. The second-order valence-electron chi connectivity index (χ2n) is 9.88. The minimum atomic E-state index is -0.166. The summed E-state index contributed by atoms with van der Waals surface area (Å²) in [6.07, 6.45) is 42.4. The zero-order valence-corrected chi connectivity index (χ0v) is 24.9. The van der Waals surface area contributed by atoms with E-state index in [4.69, 9.17) is 9.84 Å². The Morgan fingerprint density at radius 2 is 0.892 bits per heavy atom. The van der Waals surface area contributed by atoms with Crippen molar-refractivity contribution in [2.75, 3.05) is 13.2 Å². The average molecular weight is 519 g/mol. The highest BCUT2D eigenvalue weighted by Gasteiger charge is 1.94. The third kappa shape index (κ3) is 41.8. The molecule has 0 saturated carbocycles. The predicted molar refractivity (Wildman–Crippen MR) is 164 cm³/mol. The Hall–Kier alpha value is -1.61. The van der Waals surface area contributed by atoms with E-state index in [1.165, 1.54) is 122 Å². The summed E-state index contributed by atoms with van der Waals surface area (Å²) in [5, 5.41) is 8.63. The zero-order valence-electron chi connectivity index (χ0n) is 24.9. The smallest absolute Gasteiger partial charge is 0.302 e. The van der Waals surface area contributed by atoms with E-state index in [2.05, 4.69) is 62.5 Å². The molecule has 0 unspecified atom stereocenters. The molecule has 0 saturated heterocycles. The molecular weight excluding hydrogens is 456 g/mol. The summed E-state index contributed by atoms with van der Waals surface area (Å²) in [6.45, 7) is 6.85. The van der Waals surface area contributed by atoms with Gasteiger partial charge in [-0.15, -0.1) is 0 Å². The quantitative estimate of drug-likeness (QED) is 0.0742. The highest BCUT2D eigenvalue weighted by Crippen LogP contribution is 2.08. The molecule has 0 rings (SSSR count). The molecule has 0 fully saturated rings. The number of ether oxygens (including phenoxy) is 1. The molecule has 0 radical (unpaired) electrons. The molecule has 37 heavy (non-hydrogen) atoms. The van der Waals surface area contributed by atoms with E-state index in [-0.39, 0.29) is 5.97 Å². The first-order valence-electron chi connectivity index (χ1n) is 15.6. The molecule has 0 amide bonds. The van der Waals surface area contributed by atoms with Crippen LogP contribution in [0.4, 0.5) is 0 Å². The van der Waals surface area contributed by atoms with Gasteiger partial charge in [-0.25, -0.2) is 0 Å². The Kier molecular flexibility index (Phi) is 37.1. The van der Waals surface area contributed by atoms with Gasteiger partial charge in [0.2, 0.25) is 0 Å². The van der Waals surface area contributed by atoms with Gasteiger partial charge in [0.15, 0.2) is 0 Å². The van der Waals surface area contributed by atoms with Gasteiger partial charge in [-0.1, -0.05) is 140 Å². The maximum atomic E-state index is 10.5. The lowest BCUT2D eigenvalue weighted by Gasteiger charge is -2.01. The van der Waals surface area contributed by atoms with Gasteiger partial charge in [0.25, 0.3) is 0 Å². The third-order valence-electron chi connectivity index (χ3n) is 6.06. The van der Waals surface area contributed by atoms with Crippen LogP contribution in [0.1, 0.15) is 149 Å². The maximum absolute atomic E-state index is 10.5. The lowest BCUT2D eigenvalue weighted by molar-refractivity contribution is -0.141. The second-order valence-corrected chi connectivity index (χ2v) is 9.88. The summed E-state index contributed by atoms with van der Waals surface area (Å²) in [6, 6.07) is 0. The van der Waals surface area contributed by atoms with E-state index in [1.807, 2.05) is 0 Å². The molecule has 1 N–H and O–H groups in total. The van der Waals surface area contributed by atoms with Crippen molar-refractivity contribution in [1.82, 2.24) is 0 Å². The van der Waals surface area contributed by atoms with Gasteiger partial charge in [0.1, 0.15) is 0 Å². The standard InChI is InChI=1S/C18H32O2.C16H30O/c1-3-4-5-6-7-8-9-10-11-12-13-14-15-16-17-20-18(2)19;1-2-3-4-5-6-7-8-9-10-11-12-13-14-15-16-17/h6-9H,3-5,10-17H2,1-2H3;5-8,17H,2-4,9-16H2,1H3/b7-6-,9-8+;6-5-,8-7+. The second kappa shape index (κ2) is 36.5. The van der Waals surface area contributed by atoms with Crippen LogP contribution >= 0.6 is 0 Å². The van der Waals surface area contributed by atoms with Crippen LogP contribution in [-0.4, -0.2) is 24.3 Å². The fourth-order valence-electron chi connectivity index (χ4n) is 3.71. The van der Waals surface area contributed by atoms with Crippen LogP contribution in [0.5, 0.6) is 0 Å². The van der Waals surface area contributed by atoms with Gasteiger partial charge in [-0.05, 0) is 51.4 Å². The lowest BCUT2D eigenvalue weighted by atomic mass is 10.1. The molecule has 0 heterocycles. The Bertz CT molecular complexity index is 545. The molecule has 0 aliphatic heterocycles. The molecule has 0 aromatic heterocycles. The van der Waals surface area contributed by atoms with Crippen LogP contribution in [0.25, 0.3) is 0 Å². The molecule has 0 aromatic carbocycles. The highest BCUT2D eigenvalue weighted by atomic mass is 16.5. The minimum absolute atomic E-state index is 0.166. The summed E-state index contributed by atoms with van der Waals surface area (Å²) in [4.78, 5) is 10.5. The first kappa shape index (κ1) is 37.5. The van der Waals surface area contributed by atoms with Crippen molar-refractivity contribution in [3.05, 3.63) is 48.6 Å². The third-order valence-corrected chi connectivity index (χ3v) is 6.06. The largest absolute Gasteiger partial charge is 0.466 e. The topological polar surface area (TPSA) is 46.5 Å². The van der Waals surface area contributed by atoms with Crippen LogP contribution in [0.2, 0.25) is 0 Å². The fourth-order valence-corrected chi connectivity index (χ4v) is 3.71. The molecule has 0 bridgehead atoms. The van der Waals surface area contributed by atoms with Crippen LogP contribution < -0.4 is 0 Å². The van der Waals surface area contributed by atoms with Crippen LogP contribution in [0.3, 0.4) is 0 Å². The van der Waals surface area contributed by atoms with Gasteiger partial charge in [0.05, 0.1) is 6.61 Å². The van der Waals surface area contributed by atoms with Crippen molar-refractivity contribution in [2.24, 2.45) is 0 Å². The summed E-state index contributed by atoms with van der Waals surface area (Å²) >= 11 is 0. The van der Waals surface area contributed by atoms with Gasteiger partial charge >= 0.3 is 5.97 Å². The molecule has 0 atom stereocenters. The van der Waals surface area contributed by atoms with E-state index >= 15 is 0 Å². The van der Waals surface area contributed by atoms with Crippen molar-refractivity contribution in [1.29, 1.82) is 0 Å². The molecular formula is C34H62O3. The number of carbonyl (C=O) groups excluding carboxylic acids is 1. The molecule has 216 valence electrons. The van der Waals surface area contributed by atoms with E-state index in [1.54, 1.807) is 0 Å². The van der Waals surface area contributed by atoms with Crippen molar-refractivity contribution in [2.45, 2.75) is 149 Å². The summed E-state index contributed by atoms with van der Waals surface area (Å²) in [7, 11) is 0. The highest BCUT2D eigenvalue weighted by molar-refractivity contribution is 5.65. The number of hydrogen-bond donors (Lipinski definition) is 1. The zero-order chi connectivity index (χ0) is 27.5. The monoisotopic (exact) mass is 518 g/mol. The summed E-state index contributed by atoms with van der Waals surface area (Å²) in [5.74, 6) is -0.166. The van der Waals surface area contributed by atoms with Crippen LogP contribution in [0, 0.1) is 0 Å². The van der Waals surface area contributed by atoms with Gasteiger partial charge in [-0.3, -0.25) is 4.79 Å². The fraction of sp³-hybridized carbons (Fsp3) is 0.735. The first-order valence-corrected chi connectivity index (χ1v) is 15.6. The number of rotatable bonds is 25. The number of aliphatic hydroxyl groups excluding tert-OH is 1. The summed E-state index contributed by atoms with van der Waals surface area (Å²) in [5.41, 5.74) is 0. The van der Waals surface area contributed by atoms with Crippen LogP contribution in [0.15, 0.2) is 48.6 Å².